The zero-order chi connectivity index (χ0) is 16.4. The first-order valence-electron chi connectivity index (χ1n) is 6.70. The third-order valence-electron chi connectivity index (χ3n) is 2.91. The quantitative estimate of drug-likeness (QED) is 0.867. The Kier molecular flexibility index (Phi) is 4.65. The van der Waals surface area contributed by atoms with Gasteiger partial charge in [-0.15, -0.1) is 0 Å². The Hall–Kier alpha value is -2.15. The molecular formula is C15H17BrN4O2. The molecule has 0 bridgehead atoms. The van der Waals surface area contributed by atoms with Crippen molar-refractivity contribution < 1.29 is 9.53 Å². The minimum absolute atomic E-state index is 0.0303. The summed E-state index contributed by atoms with van der Waals surface area (Å²) in [7, 11) is 0. The van der Waals surface area contributed by atoms with Gasteiger partial charge in [-0.2, -0.15) is 0 Å². The Morgan fingerprint density at radius 3 is 2.59 bits per heavy atom. The molecule has 2 aromatic rings. The van der Waals surface area contributed by atoms with Gasteiger partial charge < -0.3 is 16.2 Å². The van der Waals surface area contributed by atoms with Crippen LogP contribution >= 0.6 is 15.9 Å². The summed E-state index contributed by atoms with van der Waals surface area (Å²) in [5, 5.41) is 0. The van der Waals surface area contributed by atoms with Gasteiger partial charge in [0.1, 0.15) is 5.75 Å². The Balaban J connectivity index is 2.75. The van der Waals surface area contributed by atoms with Crippen LogP contribution in [-0.4, -0.2) is 22.0 Å². The topological polar surface area (TPSA) is 104 Å². The van der Waals surface area contributed by atoms with E-state index in [1.54, 1.807) is 13.0 Å². The molecular weight excluding hydrogens is 348 g/mol. The fraction of sp³-hybridized carbons (Fsp3) is 0.267. The van der Waals surface area contributed by atoms with E-state index in [4.69, 9.17) is 16.2 Å². The number of aryl methyl sites for hydroxylation is 1. The molecule has 2 rings (SSSR count). The first kappa shape index (κ1) is 16.2. The molecule has 0 atom stereocenters. The predicted molar refractivity (Wildman–Crippen MR) is 88.6 cm³/mol. The number of aromatic nitrogens is 2. The van der Waals surface area contributed by atoms with Gasteiger partial charge in [-0.05, 0) is 39.0 Å². The second-order valence-corrected chi connectivity index (χ2v) is 5.98. The van der Waals surface area contributed by atoms with Crippen molar-refractivity contribution in [1.29, 1.82) is 0 Å². The number of anilines is 1. The molecule has 116 valence electrons. The molecule has 0 saturated heterocycles. The summed E-state index contributed by atoms with van der Waals surface area (Å²) < 4.78 is 6.62. The maximum Gasteiger partial charge on any atom is 0.252 e. The minimum Gasteiger partial charge on any atom is -0.490 e. The molecule has 0 fully saturated rings. The number of rotatable bonds is 4. The lowest BCUT2D eigenvalue weighted by Gasteiger charge is -2.16. The van der Waals surface area contributed by atoms with Crippen molar-refractivity contribution in [1.82, 2.24) is 9.97 Å². The van der Waals surface area contributed by atoms with Crippen LogP contribution in [0, 0.1) is 6.92 Å². The Bertz CT molecular complexity index is 732. The zero-order valence-corrected chi connectivity index (χ0v) is 14.1. The number of amides is 1. The highest BCUT2D eigenvalue weighted by atomic mass is 79.9. The predicted octanol–water partition coefficient (Wildman–Crippen LogP) is 2.68. The van der Waals surface area contributed by atoms with Gasteiger partial charge in [0.15, 0.2) is 0 Å². The van der Waals surface area contributed by atoms with E-state index in [-0.39, 0.29) is 17.6 Å². The lowest BCUT2D eigenvalue weighted by molar-refractivity contribution is 0.0999. The number of nitrogens with two attached hydrogens (primary N) is 2. The highest BCUT2D eigenvalue weighted by molar-refractivity contribution is 9.10. The average molecular weight is 365 g/mol. The van der Waals surface area contributed by atoms with Gasteiger partial charge in [-0.1, -0.05) is 15.9 Å². The molecule has 6 nitrogen and oxygen atoms in total. The molecule has 0 unspecified atom stereocenters. The van der Waals surface area contributed by atoms with Gasteiger partial charge in [-0.25, -0.2) is 9.97 Å². The van der Waals surface area contributed by atoms with Crippen LogP contribution in [0.15, 0.2) is 22.7 Å². The van der Waals surface area contributed by atoms with E-state index in [9.17, 15) is 4.79 Å². The number of benzene rings is 1. The smallest absolute Gasteiger partial charge is 0.252 e. The van der Waals surface area contributed by atoms with Crippen LogP contribution in [0.2, 0.25) is 0 Å². The van der Waals surface area contributed by atoms with E-state index in [0.717, 1.165) is 4.47 Å². The number of hydrogen-bond donors (Lipinski definition) is 2. The van der Waals surface area contributed by atoms with Crippen molar-refractivity contribution in [2.75, 3.05) is 5.73 Å². The van der Waals surface area contributed by atoms with Crippen LogP contribution in [0.1, 0.15) is 29.9 Å². The lowest BCUT2D eigenvalue weighted by atomic mass is 10.0. The fourth-order valence-electron chi connectivity index (χ4n) is 2.13. The highest BCUT2D eigenvalue weighted by Crippen LogP contribution is 2.35. The number of nitrogen functional groups attached to an aromatic ring is 1. The van der Waals surface area contributed by atoms with Crippen molar-refractivity contribution in [2.24, 2.45) is 5.73 Å². The van der Waals surface area contributed by atoms with Crippen LogP contribution in [-0.2, 0) is 0 Å². The van der Waals surface area contributed by atoms with E-state index in [0.29, 0.717) is 22.7 Å². The molecule has 0 aliphatic carbocycles. The number of ether oxygens (including phenoxy) is 1. The highest BCUT2D eigenvalue weighted by Gasteiger charge is 2.20. The van der Waals surface area contributed by atoms with Gasteiger partial charge in [-0.3, -0.25) is 4.79 Å². The van der Waals surface area contributed by atoms with E-state index in [1.807, 2.05) is 26.0 Å². The fourth-order valence-corrected chi connectivity index (χ4v) is 2.49. The van der Waals surface area contributed by atoms with Crippen LogP contribution in [0.4, 0.5) is 5.95 Å². The summed E-state index contributed by atoms with van der Waals surface area (Å²) in [6, 6.07) is 5.46. The van der Waals surface area contributed by atoms with Crippen LogP contribution in [0.25, 0.3) is 11.3 Å². The monoisotopic (exact) mass is 364 g/mol. The summed E-state index contributed by atoms with van der Waals surface area (Å²) >= 11 is 3.41. The SMILES string of the molecule is Cc1nc(N)nc(-c2cc(Br)ccc2OC(C)C)c1C(N)=O. The Labute approximate surface area is 137 Å². The molecule has 4 N–H and O–H groups in total. The second kappa shape index (κ2) is 6.31. The van der Waals surface area contributed by atoms with E-state index in [2.05, 4.69) is 25.9 Å². The molecule has 0 aliphatic rings. The van der Waals surface area contributed by atoms with Crippen LogP contribution < -0.4 is 16.2 Å². The zero-order valence-electron chi connectivity index (χ0n) is 12.6. The third-order valence-corrected chi connectivity index (χ3v) is 3.41. The maximum atomic E-state index is 11.8. The minimum atomic E-state index is -0.608. The summed E-state index contributed by atoms with van der Waals surface area (Å²) in [6.45, 7) is 5.50. The molecule has 7 heteroatoms. The maximum absolute atomic E-state index is 11.8. The molecule has 1 heterocycles. The van der Waals surface area contributed by atoms with Gasteiger partial charge in [0, 0.05) is 10.0 Å². The van der Waals surface area contributed by atoms with Crippen molar-refractivity contribution in [3.8, 4) is 17.0 Å². The summed E-state index contributed by atoms with van der Waals surface area (Å²) in [5.41, 5.74) is 12.9. The standard InChI is InChI=1S/C15H17BrN4O2/c1-7(2)22-11-5-4-9(16)6-10(11)13-12(14(17)21)8(3)19-15(18)20-13/h4-7H,1-3H3,(H2,17,21)(H2,18,19,20). The Morgan fingerprint density at radius 2 is 2.00 bits per heavy atom. The molecule has 1 aromatic carbocycles. The number of hydrogen-bond acceptors (Lipinski definition) is 5. The van der Waals surface area contributed by atoms with E-state index in [1.165, 1.54) is 0 Å². The van der Waals surface area contributed by atoms with Crippen molar-refractivity contribution in [3.05, 3.63) is 33.9 Å². The van der Waals surface area contributed by atoms with Crippen molar-refractivity contribution in [3.63, 3.8) is 0 Å². The summed E-state index contributed by atoms with van der Waals surface area (Å²) in [5.74, 6) is 0.0640. The van der Waals surface area contributed by atoms with E-state index >= 15 is 0 Å². The van der Waals surface area contributed by atoms with Gasteiger partial charge in [0.25, 0.3) is 5.91 Å². The molecule has 0 spiro atoms. The van der Waals surface area contributed by atoms with Gasteiger partial charge >= 0.3 is 0 Å². The number of carbonyl (C=O) groups excluding carboxylic acids is 1. The third kappa shape index (κ3) is 3.36. The van der Waals surface area contributed by atoms with Crippen LogP contribution in [0.3, 0.4) is 0 Å². The molecule has 0 aliphatic heterocycles. The first-order chi connectivity index (χ1) is 10.3. The van der Waals surface area contributed by atoms with Crippen molar-refractivity contribution >= 4 is 27.8 Å². The van der Waals surface area contributed by atoms with Gasteiger partial charge in [0.05, 0.1) is 23.1 Å². The van der Waals surface area contributed by atoms with Crippen molar-refractivity contribution in [2.45, 2.75) is 26.9 Å². The molecule has 22 heavy (non-hydrogen) atoms. The number of primary amides is 1. The molecule has 1 amide bonds. The summed E-state index contributed by atoms with van der Waals surface area (Å²) in [6.07, 6.45) is -0.0303. The van der Waals surface area contributed by atoms with Gasteiger partial charge in [0.2, 0.25) is 5.95 Å². The largest absolute Gasteiger partial charge is 0.490 e. The molecule has 0 saturated carbocycles. The molecule has 0 radical (unpaired) electrons. The lowest BCUT2D eigenvalue weighted by Crippen LogP contribution is -2.18. The molecule has 1 aromatic heterocycles. The second-order valence-electron chi connectivity index (χ2n) is 5.06. The number of nitrogens with zero attached hydrogens (tertiary/aromatic N) is 2. The number of carbonyl (C=O) groups is 1. The van der Waals surface area contributed by atoms with Crippen LogP contribution in [0.5, 0.6) is 5.75 Å². The Morgan fingerprint density at radius 1 is 1.32 bits per heavy atom. The summed E-state index contributed by atoms with van der Waals surface area (Å²) in [4.78, 5) is 20.0. The number of halogens is 1. The first-order valence-corrected chi connectivity index (χ1v) is 7.49. The van der Waals surface area contributed by atoms with E-state index < -0.39 is 5.91 Å². The normalized spacial score (nSPS) is 10.8. The average Bonchev–Trinajstić information content (AvgIpc) is 2.38.